The summed E-state index contributed by atoms with van der Waals surface area (Å²) in [7, 11) is -4.00. The minimum absolute atomic E-state index is 0.0789. The minimum atomic E-state index is -4.00. The van der Waals surface area contributed by atoms with Gasteiger partial charge in [0.05, 0.1) is 17.1 Å². The molecule has 0 radical (unpaired) electrons. The van der Waals surface area contributed by atoms with Gasteiger partial charge in [0.2, 0.25) is 0 Å². The van der Waals surface area contributed by atoms with E-state index in [1.54, 1.807) is 18.2 Å². The molecule has 31 heavy (non-hydrogen) atoms. The maximum Gasteiger partial charge on any atom is 0.267 e. The number of carbonyl (C=O) groups is 1. The van der Waals surface area contributed by atoms with Gasteiger partial charge >= 0.3 is 0 Å². The van der Waals surface area contributed by atoms with Crippen LogP contribution in [-0.4, -0.2) is 27.0 Å². The fourth-order valence-corrected chi connectivity index (χ4v) is 4.85. The molecule has 160 valence electrons. The van der Waals surface area contributed by atoms with E-state index in [0.29, 0.717) is 5.02 Å². The van der Waals surface area contributed by atoms with Gasteiger partial charge in [-0.2, -0.15) is 0 Å². The van der Waals surface area contributed by atoms with Gasteiger partial charge in [0.25, 0.3) is 15.9 Å². The Balaban J connectivity index is 1.70. The number of amides is 1. The molecular formula is C22H18ClFN2O4S. The molecule has 1 heterocycles. The van der Waals surface area contributed by atoms with Crippen LogP contribution in [0, 0.1) is 12.7 Å². The molecule has 6 nitrogen and oxygen atoms in total. The lowest BCUT2D eigenvalue weighted by molar-refractivity contribution is -0.122. The smallest absolute Gasteiger partial charge is 0.267 e. The summed E-state index contributed by atoms with van der Waals surface area (Å²) in [6.45, 7) is 1.58. The highest BCUT2D eigenvalue weighted by Crippen LogP contribution is 2.39. The lowest BCUT2D eigenvalue weighted by Crippen LogP contribution is -2.48. The number of anilines is 2. The Labute approximate surface area is 184 Å². The summed E-state index contributed by atoms with van der Waals surface area (Å²) >= 11 is 6.09. The van der Waals surface area contributed by atoms with Gasteiger partial charge in [-0.05, 0) is 55.5 Å². The van der Waals surface area contributed by atoms with Crippen molar-refractivity contribution >= 4 is 38.9 Å². The molecule has 1 aliphatic rings. The van der Waals surface area contributed by atoms with E-state index in [1.165, 1.54) is 42.5 Å². The molecule has 9 heteroatoms. The van der Waals surface area contributed by atoms with E-state index in [-0.39, 0.29) is 28.6 Å². The largest absolute Gasteiger partial charge is 0.476 e. The van der Waals surface area contributed by atoms with Gasteiger partial charge < -0.3 is 10.1 Å². The molecule has 0 unspecified atom stereocenters. The van der Waals surface area contributed by atoms with E-state index in [0.717, 1.165) is 15.9 Å². The molecule has 0 bridgehead atoms. The third-order valence-electron chi connectivity index (χ3n) is 4.78. The molecule has 1 atom stereocenters. The van der Waals surface area contributed by atoms with E-state index < -0.39 is 27.9 Å². The Morgan fingerprint density at radius 2 is 1.87 bits per heavy atom. The van der Waals surface area contributed by atoms with Gasteiger partial charge in [0.1, 0.15) is 11.6 Å². The van der Waals surface area contributed by atoms with E-state index in [4.69, 9.17) is 16.3 Å². The molecule has 1 N–H and O–H groups in total. The number of carbonyl (C=O) groups excluding carboxylic acids is 1. The number of aryl methyl sites for hydroxylation is 1. The molecule has 3 aromatic carbocycles. The van der Waals surface area contributed by atoms with Crippen LogP contribution in [0.4, 0.5) is 15.8 Å². The SMILES string of the molecule is Cc1ccc(S(=O)(=O)N2C[C@H](C(=O)Nc3cccc(F)c3)Oc3ccc(Cl)cc32)cc1. The highest BCUT2D eigenvalue weighted by Gasteiger charge is 2.37. The number of hydrogen-bond acceptors (Lipinski definition) is 4. The number of benzene rings is 3. The monoisotopic (exact) mass is 460 g/mol. The first kappa shape index (κ1) is 21.1. The summed E-state index contributed by atoms with van der Waals surface area (Å²) in [5.41, 5.74) is 1.39. The zero-order valence-corrected chi connectivity index (χ0v) is 18.0. The van der Waals surface area contributed by atoms with E-state index in [2.05, 4.69) is 5.32 Å². The number of rotatable bonds is 4. The van der Waals surface area contributed by atoms with E-state index in [9.17, 15) is 17.6 Å². The first-order valence-corrected chi connectivity index (χ1v) is 11.2. The van der Waals surface area contributed by atoms with Gasteiger partial charge in [-0.3, -0.25) is 9.10 Å². The van der Waals surface area contributed by atoms with Crippen molar-refractivity contribution in [2.75, 3.05) is 16.2 Å². The molecule has 0 spiro atoms. The number of hydrogen-bond donors (Lipinski definition) is 1. The maximum absolute atomic E-state index is 13.4. The lowest BCUT2D eigenvalue weighted by atomic mass is 10.2. The molecule has 4 rings (SSSR count). The second-order valence-corrected chi connectivity index (χ2v) is 9.37. The van der Waals surface area contributed by atoms with Crippen LogP contribution in [0.3, 0.4) is 0 Å². The van der Waals surface area contributed by atoms with Gasteiger partial charge in [-0.25, -0.2) is 12.8 Å². The fourth-order valence-electron chi connectivity index (χ4n) is 3.22. The van der Waals surface area contributed by atoms with E-state index >= 15 is 0 Å². The molecule has 0 fully saturated rings. The van der Waals surface area contributed by atoms with Crippen LogP contribution in [0.5, 0.6) is 5.75 Å². The quantitative estimate of drug-likeness (QED) is 0.626. The molecule has 0 aromatic heterocycles. The first-order valence-electron chi connectivity index (χ1n) is 9.36. The third-order valence-corrected chi connectivity index (χ3v) is 6.81. The van der Waals surface area contributed by atoms with Crippen LogP contribution in [0.15, 0.2) is 71.6 Å². The summed E-state index contributed by atoms with van der Waals surface area (Å²) in [6, 6.07) is 16.3. The molecule has 3 aromatic rings. The average molecular weight is 461 g/mol. The second-order valence-electron chi connectivity index (χ2n) is 7.07. The molecule has 0 aliphatic carbocycles. The summed E-state index contributed by atoms with van der Waals surface area (Å²) in [4.78, 5) is 12.9. The van der Waals surface area contributed by atoms with Crippen molar-refractivity contribution in [3.8, 4) is 5.75 Å². The van der Waals surface area contributed by atoms with Crippen LogP contribution < -0.4 is 14.4 Å². The van der Waals surface area contributed by atoms with Gasteiger partial charge in [0, 0.05) is 10.7 Å². The highest BCUT2D eigenvalue weighted by atomic mass is 35.5. The van der Waals surface area contributed by atoms with Crippen LogP contribution in [0.25, 0.3) is 0 Å². The Bertz CT molecular complexity index is 1250. The Hall–Kier alpha value is -3.10. The Kier molecular flexibility index (Phi) is 5.60. The molecular weight excluding hydrogens is 443 g/mol. The normalized spacial score (nSPS) is 15.7. The van der Waals surface area contributed by atoms with Gasteiger partial charge in [-0.15, -0.1) is 0 Å². The predicted molar refractivity (Wildman–Crippen MR) is 117 cm³/mol. The number of sulfonamides is 1. The van der Waals surface area contributed by atoms with Crippen molar-refractivity contribution in [3.05, 3.63) is 83.1 Å². The van der Waals surface area contributed by atoms with Crippen LogP contribution in [0.1, 0.15) is 5.56 Å². The summed E-state index contributed by atoms with van der Waals surface area (Å²) < 4.78 is 47.1. The molecule has 1 amide bonds. The Morgan fingerprint density at radius 1 is 1.13 bits per heavy atom. The van der Waals surface area contributed by atoms with Crippen LogP contribution >= 0.6 is 11.6 Å². The average Bonchev–Trinajstić information content (AvgIpc) is 2.73. The summed E-state index contributed by atoms with van der Waals surface area (Å²) in [5.74, 6) is -0.910. The number of nitrogens with zero attached hydrogens (tertiary/aromatic N) is 1. The number of nitrogens with one attached hydrogen (secondary N) is 1. The molecule has 1 aliphatic heterocycles. The van der Waals surface area contributed by atoms with E-state index in [1.807, 2.05) is 6.92 Å². The Morgan fingerprint density at radius 3 is 2.58 bits per heavy atom. The molecule has 0 saturated heterocycles. The minimum Gasteiger partial charge on any atom is -0.476 e. The van der Waals surface area contributed by atoms with Crippen molar-refractivity contribution in [2.45, 2.75) is 17.9 Å². The highest BCUT2D eigenvalue weighted by molar-refractivity contribution is 7.92. The zero-order chi connectivity index (χ0) is 22.2. The first-order chi connectivity index (χ1) is 14.7. The number of ether oxygens (including phenoxy) is 1. The van der Waals surface area contributed by atoms with Crippen LogP contribution in [-0.2, 0) is 14.8 Å². The van der Waals surface area contributed by atoms with Gasteiger partial charge in [-0.1, -0.05) is 35.4 Å². The van der Waals surface area contributed by atoms with Crippen molar-refractivity contribution in [2.24, 2.45) is 0 Å². The number of fused-ring (bicyclic) bond motifs is 1. The van der Waals surface area contributed by atoms with Gasteiger partial charge in [0.15, 0.2) is 6.10 Å². The van der Waals surface area contributed by atoms with Crippen LogP contribution in [0.2, 0.25) is 5.02 Å². The van der Waals surface area contributed by atoms with Crippen molar-refractivity contribution in [1.29, 1.82) is 0 Å². The summed E-state index contributed by atoms with van der Waals surface area (Å²) in [5, 5.41) is 2.89. The topological polar surface area (TPSA) is 75.7 Å². The maximum atomic E-state index is 13.4. The zero-order valence-electron chi connectivity index (χ0n) is 16.4. The van der Waals surface area contributed by atoms with Crippen molar-refractivity contribution < 1.29 is 22.3 Å². The van der Waals surface area contributed by atoms with Crippen molar-refractivity contribution in [1.82, 2.24) is 0 Å². The fraction of sp³-hybridized carbons (Fsp3) is 0.136. The number of halogens is 2. The lowest BCUT2D eigenvalue weighted by Gasteiger charge is -2.34. The predicted octanol–water partition coefficient (Wildman–Crippen LogP) is 4.38. The standard InChI is InChI=1S/C22H18ClFN2O4S/c1-14-5-8-18(9-6-14)31(28,29)26-13-21(30-20-10-7-15(23)11-19(20)26)22(27)25-17-4-2-3-16(24)12-17/h2-12,21H,13H2,1H3,(H,25,27)/t21-/m1/s1. The third kappa shape index (κ3) is 4.35. The summed E-state index contributed by atoms with van der Waals surface area (Å²) in [6.07, 6.45) is -1.16. The van der Waals surface area contributed by atoms with Crippen molar-refractivity contribution in [3.63, 3.8) is 0 Å². The molecule has 0 saturated carbocycles. The second kappa shape index (κ2) is 8.20.